The first-order valence-electron chi connectivity index (χ1n) is 7.61. The van der Waals surface area contributed by atoms with Crippen LogP contribution in [0, 0.1) is 0 Å². The minimum atomic E-state index is -0.219. The van der Waals surface area contributed by atoms with E-state index in [1.807, 2.05) is 0 Å². The molecule has 1 aliphatic heterocycles. The number of nitrogens with one attached hydrogen (secondary N) is 1. The van der Waals surface area contributed by atoms with Crippen LogP contribution in [0.2, 0.25) is 0 Å². The van der Waals surface area contributed by atoms with Gasteiger partial charge in [0.2, 0.25) is 0 Å². The van der Waals surface area contributed by atoms with Crippen LogP contribution in [0.4, 0.5) is 0 Å². The van der Waals surface area contributed by atoms with Crippen molar-refractivity contribution in [1.29, 1.82) is 0 Å². The molecule has 2 rings (SSSR count). The van der Waals surface area contributed by atoms with Gasteiger partial charge in [-0.2, -0.15) is 0 Å². The fourth-order valence-electron chi connectivity index (χ4n) is 2.58. The fraction of sp³-hybridized carbons (Fsp3) is 0.600. The maximum Gasteiger partial charge on any atom is 0.259 e. The number of unbranched alkanes of at least 4 members (excludes halogenated alkanes) is 2. The van der Waals surface area contributed by atoms with E-state index in [-0.39, 0.29) is 16.9 Å². The molecular formula is C15H24N4O2. The van der Waals surface area contributed by atoms with Crippen LogP contribution in [0.15, 0.2) is 23.3 Å². The second-order valence-electron chi connectivity index (χ2n) is 5.41. The number of nitrogens with zero attached hydrogens (tertiary/aromatic N) is 2. The number of rotatable bonds is 6. The molecule has 1 amide bonds. The summed E-state index contributed by atoms with van der Waals surface area (Å²) in [6.07, 6.45) is 6.43. The lowest BCUT2D eigenvalue weighted by atomic mass is 10.2. The summed E-state index contributed by atoms with van der Waals surface area (Å²) >= 11 is 0. The Bertz CT molecular complexity index is 506. The number of hydrogen-bond donors (Lipinski definition) is 2. The molecule has 0 unspecified atom stereocenters. The van der Waals surface area contributed by atoms with Gasteiger partial charge in [0.15, 0.2) is 5.43 Å². The Morgan fingerprint density at radius 1 is 1.19 bits per heavy atom. The van der Waals surface area contributed by atoms with Gasteiger partial charge in [-0.1, -0.05) is 6.42 Å². The van der Waals surface area contributed by atoms with E-state index in [1.165, 1.54) is 12.3 Å². The Kier molecular flexibility index (Phi) is 5.95. The Balaban J connectivity index is 1.80. The van der Waals surface area contributed by atoms with Crippen molar-refractivity contribution in [2.45, 2.75) is 19.3 Å². The van der Waals surface area contributed by atoms with E-state index in [1.54, 1.807) is 11.1 Å². The maximum absolute atomic E-state index is 12.3. The molecule has 6 nitrogen and oxygen atoms in total. The summed E-state index contributed by atoms with van der Waals surface area (Å²) < 4.78 is 0. The van der Waals surface area contributed by atoms with Gasteiger partial charge in [0.1, 0.15) is 5.56 Å². The molecule has 2 heterocycles. The molecule has 0 radical (unpaired) electrons. The van der Waals surface area contributed by atoms with Crippen molar-refractivity contribution in [3.05, 3.63) is 34.2 Å². The molecule has 0 aliphatic carbocycles. The zero-order valence-corrected chi connectivity index (χ0v) is 12.4. The lowest BCUT2D eigenvalue weighted by molar-refractivity contribution is 0.0633. The zero-order chi connectivity index (χ0) is 15.1. The van der Waals surface area contributed by atoms with Crippen molar-refractivity contribution in [1.82, 2.24) is 14.8 Å². The molecule has 116 valence electrons. The second kappa shape index (κ2) is 7.95. The standard InChI is InChI=1S/C15H24N4O2/c16-5-2-1-3-7-18-8-10-19(11-9-18)15(21)13-12-17-6-4-14(13)20/h4,6,12H,1-3,5,7-11,16H2,(H,17,20). The van der Waals surface area contributed by atoms with Crippen LogP contribution < -0.4 is 11.2 Å². The Labute approximate surface area is 124 Å². The van der Waals surface area contributed by atoms with Gasteiger partial charge in [-0.25, -0.2) is 0 Å². The molecule has 0 spiro atoms. The van der Waals surface area contributed by atoms with Gasteiger partial charge in [-0.3, -0.25) is 14.5 Å². The normalized spacial score (nSPS) is 16.1. The van der Waals surface area contributed by atoms with Crippen LogP contribution in [0.25, 0.3) is 0 Å². The molecule has 1 aromatic rings. The van der Waals surface area contributed by atoms with Crippen molar-refractivity contribution in [3.63, 3.8) is 0 Å². The molecular weight excluding hydrogens is 268 g/mol. The fourth-order valence-corrected chi connectivity index (χ4v) is 2.58. The zero-order valence-electron chi connectivity index (χ0n) is 12.4. The quantitative estimate of drug-likeness (QED) is 0.737. The van der Waals surface area contributed by atoms with E-state index < -0.39 is 0 Å². The summed E-state index contributed by atoms with van der Waals surface area (Å²) in [4.78, 5) is 30.9. The number of hydrogen-bond acceptors (Lipinski definition) is 4. The summed E-state index contributed by atoms with van der Waals surface area (Å²) in [5, 5.41) is 0. The van der Waals surface area contributed by atoms with Crippen LogP contribution >= 0.6 is 0 Å². The van der Waals surface area contributed by atoms with Crippen molar-refractivity contribution in [3.8, 4) is 0 Å². The third-order valence-electron chi connectivity index (χ3n) is 3.89. The minimum Gasteiger partial charge on any atom is -0.367 e. The first-order valence-corrected chi connectivity index (χ1v) is 7.61. The Morgan fingerprint density at radius 3 is 2.62 bits per heavy atom. The summed E-state index contributed by atoms with van der Waals surface area (Å²) in [5.74, 6) is -0.167. The molecule has 21 heavy (non-hydrogen) atoms. The van der Waals surface area contributed by atoms with Crippen molar-refractivity contribution >= 4 is 5.91 Å². The van der Waals surface area contributed by atoms with Gasteiger partial charge in [-0.15, -0.1) is 0 Å². The number of aromatic amines is 1. The number of piperazine rings is 1. The topological polar surface area (TPSA) is 82.4 Å². The smallest absolute Gasteiger partial charge is 0.259 e. The number of H-pyrrole nitrogens is 1. The van der Waals surface area contributed by atoms with Gasteiger partial charge in [-0.05, 0) is 25.9 Å². The monoisotopic (exact) mass is 292 g/mol. The molecule has 1 saturated heterocycles. The molecule has 1 aliphatic rings. The third-order valence-corrected chi connectivity index (χ3v) is 3.89. The second-order valence-corrected chi connectivity index (χ2v) is 5.41. The molecule has 0 saturated carbocycles. The summed E-state index contributed by atoms with van der Waals surface area (Å²) in [7, 11) is 0. The summed E-state index contributed by atoms with van der Waals surface area (Å²) in [6.45, 7) is 4.94. The number of carbonyl (C=O) groups is 1. The van der Waals surface area contributed by atoms with Crippen LogP contribution in [-0.2, 0) is 0 Å². The van der Waals surface area contributed by atoms with Crippen LogP contribution in [0.3, 0.4) is 0 Å². The highest BCUT2D eigenvalue weighted by Crippen LogP contribution is 2.07. The molecule has 3 N–H and O–H groups in total. The van der Waals surface area contributed by atoms with E-state index in [0.717, 1.165) is 45.4 Å². The first kappa shape index (κ1) is 15.7. The lowest BCUT2D eigenvalue weighted by Gasteiger charge is -2.34. The highest BCUT2D eigenvalue weighted by molar-refractivity contribution is 5.93. The summed E-state index contributed by atoms with van der Waals surface area (Å²) in [6, 6.07) is 1.39. The van der Waals surface area contributed by atoms with Gasteiger partial charge < -0.3 is 15.6 Å². The van der Waals surface area contributed by atoms with Gasteiger partial charge in [0.05, 0.1) is 0 Å². The average Bonchev–Trinajstić information content (AvgIpc) is 2.52. The van der Waals surface area contributed by atoms with Crippen LogP contribution in [0.1, 0.15) is 29.6 Å². The van der Waals surface area contributed by atoms with Crippen LogP contribution in [0.5, 0.6) is 0 Å². The largest absolute Gasteiger partial charge is 0.367 e. The molecule has 1 aromatic heterocycles. The Morgan fingerprint density at radius 2 is 1.95 bits per heavy atom. The van der Waals surface area contributed by atoms with E-state index in [2.05, 4.69) is 9.88 Å². The van der Waals surface area contributed by atoms with Crippen molar-refractivity contribution in [2.75, 3.05) is 39.3 Å². The molecule has 0 atom stereocenters. The van der Waals surface area contributed by atoms with Crippen molar-refractivity contribution < 1.29 is 4.79 Å². The van der Waals surface area contributed by atoms with E-state index in [9.17, 15) is 9.59 Å². The number of carbonyl (C=O) groups excluding carboxylic acids is 1. The molecule has 0 bridgehead atoms. The highest BCUT2D eigenvalue weighted by atomic mass is 16.2. The SMILES string of the molecule is NCCCCCN1CCN(C(=O)c2c[nH]ccc2=O)CC1. The minimum absolute atomic E-state index is 0.167. The number of amides is 1. The van der Waals surface area contributed by atoms with Gasteiger partial charge >= 0.3 is 0 Å². The van der Waals surface area contributed by atoms with E-state index >= 15 is 0 Å². The average molecular weight is 292 g/mol. The third kappa shape index (κ3) is 4.41. The van der Waals surface area contributed by atoms with Crippen LogP contribution in [-0.4, -0.2) is 60.0 Å². The van der Waals surface area contributed by atoms with E-state index in [4.69, 9.17) is 5.73 Å². The molecule has 0 aromatic carbocycles. The van der Waals surface area contributed by atoms with Gasteiger partial charge in [0, 0.05) is 44.6 Å². The Hall–Kier alpha value is -1.66. The predicted molar refractivity (Wildman–Crippen MR) is 82.3 cm³/mol. The first-order chi connectivity index (χ1) is 10.2. The van der Waals surface area contributed by atoms with E-state index in [0.29, 0.717) is 13.1 Å². The maximum atomic E-state index is 12.3. The lowest BCUT2D eigenvalue weighted by Crippen LogP contribution is -2.49. The molecule has 1 fully saturated rings. The predicted octanol–water partition coefficient (Wildman–Crippen LogP) is 0.262. The number of nitrogens with two attached hydrogens (primary N) is 1. The van der Waals surface area contributed by atoms with Crippen molar-refractivity contribution in [2.24, 2.45) is 5.73 Å². The summed E-state index contributed by atoms with van der Waals surface area (Å²) in [5.41, 5.74) is 5.49. The number of aromatic nitrogens is 1. The molecule has 6 heteroatoms. The number of pyridine rings is 1. The van der Waals surface area contributed by atoms with Gasteiger partial charge in [0.25, 0.3) is 5.91 Å². The highest BCUT2D eigenvalue weighted by Gasteiger charge is 2.23.